The molecule has 1 aliphatic carbocycles. The van der Waals surface area contributed by atoms with Gasteiger partial charge in [-0.2, -0.15) is 4.21 Å². The van der Waals surface area contributed by atoms with Crippen molar-refractivity contribution < 1.29 is 22.5 Å². The molecule has 0 aromatic carbocycles. The summed E-state index contributed by atoms with van der Waals surface area (Å²) >= 11 is -2.41. The van der Waals surface area contributed by atoms with Gasteiger partial charge < -0.3 is 8.92 Å². The van der Waals surface area contributed by atoms with Crippen molar-refractivity contribution in [2.75, 3.05) is 0 Å². The molecule has 0 aromatic rings. The number of ether oxygens (including phenoxy) is 1. The van der Waals surface area contributed by atoms with Crippen molar-refractivity contribution >= 4 is 17.3 Å². The van der Waals surface area contributed by atoms with Gasteiger partial charge in [0.05, 0.1) is 5.57 Å². The second-order valence-corrected chi connectivity index (χ2v) is 4.63. The number of allylic oxidation sites excluding steroid dienone is 3. The lowest BCUT2D eigenvalue weighted by Gasteiger charge is -2.11. The topological polar surface area (TPSA) is 72.8 Å². The quantitative estimate of drug-likeness (QED) is 0.482. The summed E-state index contributed by atoms with van der Waals surface area (Å²) in [4.78, 5) is 11.7. The van der Waals surface area contributed by atoms with Crippen LogP contribution in [0, 0.1) is 0 Å². The van der Waals surface area contributed by atoms with Crippen molar-refractivity contribution in [2.24, 2.45) is 0 Å². The van der Waals surface area contributed by atoms with Gasteiger partial charge in [-0.15, -0.1) is 0 Å². The molecule has 0 saturated heterocycles. The third-order valence-electron chi connectivity index (χ3n) is 2.76. The highest BCUT2D eigenvalue weighted by Crippen LogP contribution is 2.36. The number of esters is 1. The van der Waals surface area contributed by atoms with Crippen molar-refractivity contribution in [1.29, 1.82) is 0 Å². The Balaban J connectivity index is 2.40. The summed E-state index contributed by atoms with van der Waals surface area (Å²) < 4.78 is 29.6. The fourth-order valence-corrected chi connectivity index (χ4v) is 2.36. The molecule has 0 aromatic heterocycles. The van der Waals surface area contributed by atoms with E-state index in [1.54, 1.807) is 6.08 Å². The molecule has 0 bridgehead atoms. The Labute approximate surface area is 108 Å². The lowest BCUT2D eigenvalue weighted by atomic mass is 9.97. The van der Waals surface area contributed by atoms with Gasteiger partial charge in [0.25, 0.3) is 0 Å². The van der Waals surface area contributed by atoms with Crippen molar-refractivity contribution in [3.63, 3.8) is 0 Å². The van der Waals surface area contributed by atoms with Gasteiger partial charge in [-0.3, -0.25) is 4.55 Å². The monoisotopic (exact) mass is 270 g/mol. The lowest BCUT2D eigenvalue weighted by Crippen LogP contribution is -2.03. The normalized spacial score (nSPS) is 22.7. The molecule has 6 heteroatoms. The molecule has 1 heterocycles. The Morgan fingerprint density at radius 3 is 3.06 bits per heavy atom. The van der Waals surface area contributed by atoms with E-state index in [-0.39, 0.29) is 5.76 Å². The van der Waals surface area contributed by atoms with E-state index in [0.29, 0.717) is 24.2 Å². The second-order valence-electron chi connectivity index (χ2n) is 4.03. The van der Waals surface area contributed by atoms with E-state index in [2.05, 4.69) is 0 Å². The largest absolute Gasteiger partial charge is 0.419 e. The number of hydrogen-bond donors (Lipinski definition) is 1. The van der Waals surface area contributed by atoms with Crippen LogP contribution in [-0.4, -0.2) is 14.7 Å². The van der Waals surface area contributed by atoms with Crippen molar-refractivity contribution in [3.8, 4) is 0 Å². The Kier molecular flexibility index (Phi) is 3.98. The number of hydrogen-bond acceptors (Lipinski definition) is 4. The highest BCUT2D eigenvalue weighted by molar-refractivity contribution is 7.74. The molecule has 0 fully saturated rings. The van der Waals surface area contributed by atoms with Crippen LogP contribution in [0.25, 0.3) is 0 Å². The maximum absolute atomic E-state index is 11.7. The van der Waals surface area contributed by atoms with Crippen molar-refractivity contribution in [2.45, 2.75) is 32.6 Å². The smallest absolute Gasteiger partial charge is 0.357 e. The lowest BCUT2D eigenvalue weighted by molar-refractivity contribution is -0.133. The van der Waals surface area contributed by atoms with Crippen LogP contribution in [0.2, 0.25) is 0 Å². The number of carbonyl (C=O) groups is 1. The molecular weight excluding hydrogens is 256 g/mol. The van der Waals surface area contributed by atoms with E-state index in [1.165, 1.54) is 0 Å². The van der Waals surface area contributed by atoms with E-state index in [9.17, 15) is 9.00 Å². The minimum atomic E-state index is -2.41. The standard InChI is InChI=1S/C12H14O5S/c1-2-5-10(17-18(14)15)11-8-6-3-4-7-9(8)12(13)16-11/h4,7H,2-3,5-6H2,1H3,(H,14,15)/b11-10+. The Bertz CT molecular complexity index is 487. The average Bonchev–Trinajstić information content (AvgIpc) is 2.67. The van der Waals surface area contributed by atoms with Gasteiger partial charge in [0.15, 0.2) is 11.5 Å². The zero-order valence-corrected chi connectivity index (χ0v) is 10.8. The van der Waals surface area contributed by atoms with Crippen LogP contribution >= 0.6 is 0 Å². The van der Waals surface area contributed by atoms with E-state index in [1.807, 2.05) is 13.0 Å². The fraction of sp³-hybridized carbons (Fsp3) is 0.417. The summed E-state index contributed by atoms with van der Waals surface area (Å²) in [6.45, 7) is 1.91. The van der Waals surface area contributed by atoms with E-state index in [0.717, 1.165) is 18.4 Å². The molecule has 5 nitrogen and oxygen atoms in total. The van der Waals surface area contributed by atoms with Gasteiger partial charge in [-0.05, 0) is 19.3 Å². The van der Waals surface area contributed by atoms with Crippen molar-refractivity contribution in [3.05, 3.63) is 34.8 Å². The molecule has 0 spiro atoms. The first kappa shape index (κ1) is 13.0. The number of rotatable bonds is 4. The molecule has 98 valence electrons. The Morgan fingerprint density at radius 1 is 1.61 bits per heavy atom. The van der Waals surface area contributed by atoms with E-state index in [4.69, 9.17) is 13.5 Å². The summed E-state index contributed by atoms with van der Waals surface area (Å²) in [6, 6.07) is 0. The van der Waals surface area contributed by atoms with Crippen LogP contribution in [0.5, 0.6) is 0 Å². The SMILES string of the molecule is CCC/C(OS(=O)O)=C1\OC(=O)C2=C1CCC=C2. The third-order valence-corrected chi connectivity index (χ3v) is 3.11. The first-order valence-electron chi connectivity index (χ1n) is 5.78. The van der Waals surface area contributed by atoms with E-state index >= 15 is 0 Å². The summed E-state index contributed by atoms with van der Waals surface area (Å²) in [6.07, 6.45) is 6.32. The molecule has 2 rings (SSSR count). The molecule has 2 aliphatic rings. The van der Waals surface area contributed by atoms with Crippen LogP contribution in [0.15, 0.2) is 34.8 Å². The first-order valence-corrected chi connectivity index (χ1v) is 6.81. The molecule has 1 aliphatic heterocycles. The average molecular weight is 270 g/mol. The third kappa shape index (κ3) is 2.54. The predicted octanol–water partition coefficient (Wildman–Crippen LogP) is 2.35. The summed E-state index contributed by atoms with van der Waals surface area (Å²) in [5.74, 6) is 0.174. The zero-order chi connectivity index (χ0) is 13.1. The van der Waals surface area contributed by atoms with Crippen LogP contribution in [0.4, 0.5) is 0 Å². The first-order chi connectivity index (χ1) is 8.63. The van der Waals surface area contributed by atoms with Gasteiger partial charge in [-0.1, -0.05) is 19.1 Å². The molecule has 0 amide bonds. The van der Waals surface area contributed by atoms with Crippen LogP contribution in [0.3, 0.4) is 0 Å². The van der Waals surface area contributed by atoms with Gasteiger partial charge in [0.2, 0.25) is 0 Å². The number of cyclic esters (lactones) is 1. The maximum atomic E-state index is 11.7. The molecule has 0 radical (unpaired) electrons. The van der Waals surface area contributed by atoms with Crippen LogP contribution in [-0.2, 0) is 25.1 Å². The van der Waals surface area contributed by atoms with Gasteiger partial charge in [0, 0.05) is 12.0 Å². The number of carbonyl (C=O) groups excluding carboxylic acids is 1. The van der Waals surface area contributed by atoms with Crippen LogP contribution in [0.1, 0.15) is 32.6 Å². The Morgan fingerprint density at radius 2 is 2.39 bits per heavy atom. The Hall–Kier alpha value is -1.40. The van der Waals surface area contributed by atoms with E-state index < -0.39 is 17.3 Å². The summed E-state index contributed by atoms with van der Waals surface area (Å²) in [7, 11) is 0. The van der Waals surface area contributed by atoms with Crippen LogP contribution < -0.4 is 0 Å². The van der Waals surface area contributed by atoms with Gasteiger partial charge in [-0.25, -0.2) is 4.79 Å². The highest BCUT2D eigenvalue weighted by atomic mass is 32.2. The molecule has 1 atom stereocenters. The van der Waals surface area contributed by atoms with Gasteiger partial charge >= 0.3 is 17.3 Å². The fourth-order valence-electron chi connectivity index (χ4n) is 2.03. The predicted molar refractivity (Wildman–Crippen MR) is 65.3 cm³/mol. The molecule has 1 unspecified atom stereocenters. The second kappa shape index (κ2) is 5.49. The molecule has 0 saturated carbocycles. The maximum Gasteiger partial charge on any atom is 0.357 e. The van der Waals surface area contributed by atoms with Crippen molar-refractivity contribution in [1.82, 2.24) is 0 Å². The highest BCUT2D eigenvalue weighted by Gasteiger charge is 2.32. The molecule has 18 heavy (non-hydrogen) atoms. The summed E-state index contributed by atoms with van der Waals surface area (Å²) in [5, 5.41) is 0. The summed E-state index contributed by atoms with van der Waals surface area (Å²) in [5.41, 5.74) is 1.30. The molecule has 1 N–H and O–H groups in total. The minimum absolute atomic E-state index is 0.270. The zero-order valence-electron chi connectivity index (χ0n) is 9.97. The van der Waals surface area contributed by atoms with Gasteiger partial charge in [0.1, 0.15) is 0 Å². The molecular formula is C12H14O5S. The minimum Gasteiger partial charge on any atom is -0.419 e.